The van der Waals surface area contributed by atoms with Gasteiger partial charge in [-0.25, -0.2) is 0 Å². The average Bonchev–Trinajstić information content (AvgIpc) is 2.35. The first-order valence-electron chi connectivity index (χ1n) is 8.67. The van der Waals surface area contributed by atoms with Gasteiger partial charge in [0, 0.05) is 5.92 Å². The van der Waals surface area contributed by atoms with Gasteiger partial charge in [0.05, 0.1) is 5.60 Å². The highest BCUT2D eigenvalue weighted by Crippen LogP contribution is 2.62. The van der Waals surface area contributed by atoms with Gasteiger partial charge in [-0.05, 0) is 63.2 Å². The second kappa shape index (κ2) is 5.57. The summed E-state index contributed by atoms with van der Waals surface area (Å²) in [5.74, 6) is 0.984. The van der Waals surface area contributed by atoms with Crippen LogP contribution in [0.25, 0.3) is 0 Å². The summed E-state index contributed by atoms with van der Waals surface area (Å²) < 4.78 is 0. The second-order valence-electron chi connectivity index (χ2n) is 8.67. The molecule has 1 N–H and O–H groups in total. The van der Waals surface area contributed by atoms with Gasteiger partial charge in [-0.3, -0.25) is 0 Å². The maximum atomic E-state index is 11.0. The standard InChI is InChI=1S/C20H34O/c1-7-15(2)9-10-17-19(5)13-8-12-18(3,4)16(19)11-14-20(17,6)21/h7,9-10,16-17,21H,8,11-14H2,1-6H3/t16-,17+,19+,20+/m0/s1. The first-order chi connectivity index (χ1) is 9.63. The van der Waals surface area contributed by atoms with Crippen molar-refractivity contribution in [3.63, 3.8) is 0 Å². The summed E-state index contributed by atoms with van der Waals surface area (Å²) >= 11 is 0. The van der Waals surface area contributed by atoms with Crippen LogP contribution in [-0.4, -0.2) is 10.7 Å². The molecule has 4 atom stereocenters. The van der Waals surface area contributed by atoms with Crippen LogP contribution in [0.3, 0.4) is 0 Å². The quantitative estimate of drug-likeness (QED) is 0.665. The molecule has 0 aliphatic heterocycles. The van der Waals surface area contributed by atoms with Crippen LogP contribution in [0.15, 0.2) is 23.8 Å². The van der Waals surface area contributed by atoms with Crippen molar-refractivity contribution in [2.45, 2.75) is 79.2 Å². The van der Waals surface area contributed by atoms with Crippen molar-refractivity contribution in [3.05, 3.63) is 23.8 Å². The SMILES string of the molecule is CC=C(C)C=C[C@@H]1[C@]2(C)CCCC(C)(C)[C@@H]2CC[C@@]1(C)O. The van der Waals surface area contributed by atoms with Gasteiger partial charge in [-0.1, -0.05) is 51.0 Å². The smallest absolute Gasteiger partial charge is 0.0687 e. The van der Waals surface area contributed by atoms with Crippen LogP contribution in [-0.2, 0) is 0 Å². The first-order valence-corrected chi connectivity index (χ1v) is 8.67. The van der Waals surface area contributed by atoms with E-state index in [2.05, 4.69) is 59.8 Å². The minimum atomic E-state index is -0.566. The summed E-state index contributed by atoms with van der Waals surface area (Å²) in [6, 6.07) is 0. The van der Waals surface area contributed by atoms with E-state index in [4.69, 9.17) is 0 Å². The molecule has 2 aliphatic rings. The zero-order valence-electron chi connectivity index (χ0n) is 14.9. The van der Waals surface area contributed by atoms with Crippen LogP contribution in [0, 0.1) is 22.7 Å². The predicted molar refractivity (Wildman–Crippen MR) is 91.1 cm³/mol. The lowest BCUT2D eigenvalue weighted by molar-refractivity contribution is -0.149. The van der Waals surface area contributed by atoms with Crippen molar-refractivity contribution in [2.75, 3.05) is 0 Å². The maximum Gasteiger partial charge on any atom is 0.0687 e. The molecule has 2 saturated carbocycles. The van der Waals surface area contributed by atoms with E-state index in [0.29, 0.717) is 5.41 Å². The molecule has 0 bridgehead atoms. The molecular weight excluding hydrogens is 256 g/mol. The first kappa shape index (κ1) is 16.8. The maximum absolute atomic E-state index is 11.0. The summed E-state index contributed by atoms with van der Waals surface area (Å²) in [6.45, 7) is 13.6. The summed E-state index contributed by atoms with van der Waals surface area (Å²) in [7, 11) is 0. The van der Waals surface area contributed by atoms with E-state index in [1.54, 1.807) is 0 Å². The molecule has 0 amide bonds. The highest BCUT2D eigenvalue weighted by atomic mass is 16.3. The molecule has 1 heteroatoms. The predicted octanol–water partition coefficient (Wildman–Crippen LogP) is 5.50. The van der Waals surface area contributed by atoms with Crippen LogP contribution >= 0.6 is 0 Å². The molecule has 0 aromatic carbocycles. The Morgan fingerprint density at radius 2 is 1.76 bits per heavy atom. The molecule has 120 valence electrons. The van der Waals surface area contributed by atoms with Crippen molar-refractivity contribution < 1.29 is 5.11 Å². The van der Waals surface area contributed by atoms with E-state index in [-0.39, 0.29) is 11.3 Å². The minimum absolute atomic E-state index is 0.230. The summed E-state index contributed by atoms with van der Waals surface area (Å²) in [6.07, 6.45) is 12.6. The normalized spacial score (nSPS) is 43.9. The minimum Gasteiger partial charge on any atom is -0.390 e. The van der Waals surface area contributed by atoms with Crippen LogP contribution < -0.4 is 0 Å². The number of rotatable bonds is 2. The van der Waals surface area contributed by atoms with Gasteiger partial charge in [0.2, 0.25) is 0 Å². The highest BCUT2D eigenvalue weighted by Gasteiger charge is 2.56. The van der Waals surface area contributed by atoms with Crippen LogP contribution in [0.1, 0.15) is 73.6 Å². The molecule has 2 aliphatic carbocycles. The van der Waals surface area contributed by atoms with E-state index >= 15 is 0 Å². The Hall–Kier alpha value is -0.560. The summed E-state index contributed by atoms with van der Waals surface area (Å²) in [5, 5.41) is 11.0. The van der Waals surface area contributed by atoms with Crippen molar-refractivity contribution in [1.82, 2.24) is 0 Å². The molecule has 0 aromatic heterocycles. The molecule has 2 fully saturated rings. The fraction of sp³-hybridized carbons (Fsp3) is 0.800. The average molecular weight is 290 g/mol. The van der Waals surface area contributed by atoms with E-state index in [1.165, 1.54) is 31.3 Å². The second-order valence-corrected chi connectivity index (χ2v) is 8.67. The topological polar surface area (TPSA) is 20.2 Å². The Bertz CT molecular complexity index is 441. The Labute approximate surface area is 131 Å². The third-order valence-corrected chi connectivity index (χ3v) is 6.60. The number of hydrogen-bond donors (Lipinski definition) is 1. The fourth-order valence-corrected chi connectivity index (χ4v) is 5.33. The largest absolute Gasteiger partial charge is 0.390 e. The van der Waals surface area contributed by atoms with E-state index in [9.17, 15) is 5.11 Å². The zero-order valence-corrected chi connectivity index (χ0v) is 14.9. The number of aliphatic hydroxyl groups is 1. The van der Waals surface area contributed by atoms with Gasteiger partial charge >= 0.3 is 0 Å². The fourth-order valence-electron chi connectivity index (χ4n) is 5.33. The van der Waals surface area contributed by atoms with Crippen molar-refractivity contribution in [3.8, 4) is 0 Å². The molecule has 0 heterocycles. The molecule has 0 spiro atoms. The lowest BCUT2D eigenvalue weighted by Crippen LogP contribution is -2.56. The van der Waals surface area contributed by atoms with E-state index < -0.39 is 5.60 Å². The number of hydrogen-bond acceptors (Lipinski definition) is 1. The molecule has 0 radical (unpaired) electrons. The van der Waals surface area contributed by atoms with Gasteiger partial charge in [0.25, 0.3) is 0 Å². The monoisotopic (exact) mass is 290 g/mol. The van der Waals surface area contributed by atoms with Crippen molar-refractivity contribution >= 4 is 0 Å². The van der Waals surface area contributed by atoms with Crippen LogP contribution in [0.2, 0.25) is 0 Å². The number of allylic oxidation sites excluding steroid dienone is 3. The molecular formula is C20H34O. The zero-order chi connectivity index (χ0) is 15.9. The van der Waals surface area contributed by atoms with Crippen molar-refractivity contribution in [1.29, 1.82) is 0 Å². The van der Waals surface area contributed by atoms with Gasteiger partial charge in [0.15, 0.2) is 0 Å². The van der Waals surface area contributed by atoms with Crippen molar-refractivity contribution in [2.24, 2.45) is 22.7 Å². The molecule has 21 heavy (non-hydrogen) atoms. The lowest BCUT2D eigenvalue weighted by atomic mass is 9.45. The van der Waals surface area contributed by atoms with Gasteiger partial charge in [0.1, 0.15) is 0 Å². The Kier molecular flexibility index (Phi) is 4.46. The third-order valence-electron chi connectivity index (χ3n) is 6.60. The van der Waals surface area contributed by atoms with Crippen LogP contribution in [0.5, 0.6) is 0 Å². The van der Waals surface area contributed by atoms with Crippen LogP contribution in [0.4, 0.5) is 0 Å². The third kappa shape index (κ3) is 2.99. The van der Waals surface area contributed by atoms with Gasteiger partial charge < -0.3 is 5.11 Å². The highest BCUT2D eigenvalue weighted by molar-refractivity contribution is 5.21. The number of fused-ring (bicyclic) bond motifs is 1. The molecule has 2 rings (SSSR count). The Morgan fingerprint density at radius 1 is 1.10 bits per heavy atom. The molecule has 1 nitrogen and oxygen atoms in total. The molecule has 0 saturated heterocycles. The molecule has 0 aromatic rings. The van der Waals surface area contributed by atoms with E-state index in [1.807, 2.05) is 0 Å². The summed E-state index contributed by atoms with van der Waals surface area (Å²) in [5.41, 5.74) is 1.36. The molecule has 0 unspecified atom stereocenters. The van der Waals surface area contributed by atoms with Gasteiger partial charge in [-0.15, -0.1) is 0 Å². The Balaban J connectivity index is 2.39. The summed E-state index contributed by atoms with van der Waals surface area (Å²) in [4.78, 5) is 0. The Morgan fingerprint density at radius 3 is 2.38 bits per heavy atom. The van der Waals surface area contributed by atoms with E-state index in [0.717, 1.165) is 12.3 Å². The lowest BCUT2D eigenvalue weighted by Gasteiger charge is -2.60. The van der Waals surface area contributed by atoms with Gasteiger partial charge in [-0.2, -0.15) is 0 Å².